The molecule has 0 heterocycles. The maximum absolute atomic E-state index is 12.8. The summed E-state index contributed by atoms with van der Waals surface area (Å²) in [5, 5.41) is 1.87. The summed E-state index contributed by atoms with van der Waals surface area (Å²) in [5.41, 5.74) is -0.918. The summed E-state index contributed by atoms with van der Waals surface area (Å²) in [6.45, 7) is 9.03. The van der Waals surface area contributed by atoms with Crippen LogP contribution in [0.5, 0.6) is 0 Å². The van der Waals surface area contributed by atoms with Gasteiger partial charge in [-0.1, -0.05) is 82.9 Å². The average molecular weight is 488 g/mol. The van der Waals surface area contributed by atoms with Gasteiger partial charge < -0.3 is 9.79 Å². The van der Waals surface area contributed by atoms with E-state index in [-0.39, 0.29) is 5.75 Å². The molecule has 0 aliphatic rings. The van der Waals surface area contributed by atoms with E-state index in [1.807, 2.05) is 50.2 Å². The fourth-order valence-corrected chi connectivity index (χ4v) is 5.69. The number of sulfonamides is 1. The number of phosphoric acid groups is 1. The molecule has 1 unspecified atom stereocenters. The van der Waals surface area contributed by atoms with Crippen molar-refractivity contribution in [2.45, 2.75) is 78.4 Å². The zero-order valence-corrected chi connectivity index (χ0v) is 21.5. The summed E-state index contributed by atoms with van der Waals surface area (Å²) < 4.78 is 44.7. The maximum atomic E-state index is 12.8. The third kappa shape index (κ3) is 9.69. The first-order chi connectivity index (χ1) is 14.9. The summed E-state index contributed by atoms with van der Waals surface area (Å²) in [6.07, 6.45) is 4.46. The van der Waals surface area contributed by atoms with E-state index in [9.17, 15) is 22.8 Å². The van der Waals surface area contributed by atoms with Crippen molar-refractivity contribution in [3.05, 3.63) is 48.0 Å². The van der Waals surface area contributed by atoms with Gasteiger partial charge in [-0.2, -0.15) is 0 Å². The number of benzene rings is 2. The molecule has 2 aromatic carbocycles. The van der Waals surface area contributed by atoms with Crippen LogP contribution in [0.3, 0.4) is 0 Å². The molecule has 9 heteroatoms. The van der Waals surface area contributed by atoms with E-state index in [2.05, 4.69) is 11.6 Å². The van der Waals surface area contributed by atoms with Crippen LogP contribution in [0.1, 0.15) is 78.3 Å². The Balaban J connectivity index is 0.00000249. The van der Waals surface area contributed by atoms with Crippen LogP contribution in [-0.4, -0.2) is 29.6 Å². The SMILES string of the molecule is CC.CCCCCCCS(=O)(=O)NC(c1ccc2ccccc2c1)C(C)(C)OP(=O)(O)O. The van der Waals surface area contributed by atoms with Gasteiger partial charge in [-0.25, -0.2) is 17.7 Å². The molecule has 0 radical (unpaired) electrons. The van der Waals surface area contributed by atoms with E-state index in [0.29, 0.717) is 12.0 Å². The van der Waals surface area contributed by atoms with Crippen LogP contribution >= 0.6 is 7.82 Å². The van der Waals surface area contributed by atoms with Crippen LogP contribution in [0.15, 0.2) is 42.5 Å². The van der Waals surface area contributed by atoms with E-state index in [0.717, 1.165) is 36.5 Å². The summed E-state index contributed by atoms with van der Waals surface area (Å²) in [4.78, 5) is 18.7. The lowest BCUT2D eigenvalue weighted by Gasteiger charge is -2.35. The van der Waals surface area contributed by atoms with E-state index in [4.69, 9.17) is 4.52 Å². The summed E-state index contributed by atoms with van der Waals surface area (Å²) in [5.74, 6) is -0.0488. The van der Waals surface area contributed by atoms with Crippen molar-refractivity contribution < 1.29 is 27.3 Å². The normalized spacial score (nSPS) is 13.5. The molecule has 0 bridgehead atoms. The number of unbranched alkanes of at least 4 members (excludes halogenated alkanes) is 4. The standard InChI is InChI=1S/C21H32NO6PS.C2H6/c1-4-5-6-7-10-15-30(26,27)22-20(21(2,3)28-29(23,24)25)19-14-13-17-11-8-9-12-18(17)16-19;1-2/h8-9,11-14,16,20,22H,4-7,10,15H2,1-3H3,(H2,23,24,25);1-2H3. The van der Waals surface area contributed by atoms with Gasteiger partial charge in [0.2, 0.25) is 10.0 Å². The Morgan fingerprint density at radius 2 is 1.59 bits per heavy atom. The zero-order chi connectivity index (χ0) is 24.4. The third-order valence-corrected chi connectivity index (χ3v) is 7.10. The van der Waals surface area contributed by atoms with Crippen LogP contribution < -0.4 is 4.72 Å². The Bertz CT molecular complexity index is 987. The van der Waals surface area contributed by atoms with Gasteiger partial charge in [0.15, 0.2) is 0 Å². The summed E-state index contributed by atoms with van der Waals surface area (Å²) in [7, 11) is -8.53. The van der Waals surface area contributed by atoms with E-state index in [1.54, 1.807) is 6.07 Å². The molecule has 3 N–H and O–H groups in total. The molecule has 32 heavy (non-hydrogen) atoms. The Hall–Kier alpha value is -1.28. The highest BCUT2D eigenvalue weighted by Gasteiger charge is 2.40. The largest absolute Gasteiger partial charge is 0.470 e. The van der Waals surface area contributed by atoms with Crippen molar-refractivity contribution in [2.75, 3.05) is 5.75 Å². The number of hydrogen-bond acceptors (Lipinski definition) is 4. The van der Waals surface area contributed by atoms with E-state index < -0.39 is 29.5 Å². The Morgan fingerprint density at radius 3 is 2.19 bits per heavy atom. The van der Waals surface area contributed by atoms with Gasteiger partial charge in [0.25, 0.3) is 0 Å². The molecule has 0 spiro atoms. The lowest BCUT2D eigenvalue weighted by molar-refractivity contribution is 0.0377. The molecule has 2 rings (SSSR count). The van der Waals surface area contributed by atoms with Gasteiger partial charge in [0, 0.05) is 0 Å². The van der Waals surface area contributed by atoms with Crippen molar-refractivity contribution in [1.29, 1.82) is 0 Å². The van der Waals surface area contributed by atoms with Crippen molar-refractivity contribution >= 4 is 28.6 Å². The number of hydrogen-bond donors (Lipinski definition) is 3. The first-order valence-corrected chi connectivity index (χ1v) is 14.4. The zero-order valence-electron chi connectivity index (χ0n) is 19.7. The topological polar surface area (TPSA) is 113 Å². The molecular formula is C23H38NO6PS. The van der Waals surface area contributed by atoms with Gasteiger partial charge in [0.05, 0.1) is 17.4 Å². The number of fused-ring (bicyclic) bond motifs is 1. The molecule has 0 amide bonds. The van der Waals surface area contributed by atoms with Gasteiger partial charge in [-0.05, 0) is 42.7 Å². The maximum Gasteiger partial charge on any atom is 0.470 e. The minimum atomic E-state index is -4.84. The third-order valence-electron chi connectivity index (χ3n) is 4.97. The lowest BCUT2D eigenvalue weighted by Crippen LogP contribution is -2.44. The first kappa shape index (κ1) is 28.8. The fourth-order valence-electron chi connectivity index (χ4n) is 3.49. The lowest BCUT2D eigenvalue weighted by atomic mass is 9.91. The van der Waals surface area contributed by atoms with Crippen molar-refractivity contribution in [2.24, 2.45) is 0 Å². The second-order valence-corrected chi connectivity index (χ2v) is 11.1. The van der Waals surface area contributed by atoms with Gasteiger partial charge in [-0.15, -0.1) is 0 Å². The highest BCUT2D eigenvalue weighted by atomic mass is 32.2. The number of nitrogens with one attached hydrogen (secondary N) is 1. The number of phosphoric ester groups is 1. The van der Waals surface area contributed by atoms with Crippen molar-refractivity contribution in [3.63, 3.8) is 0 Å². The van der Waals surface area contributed by atoms with Crippen LogP contribution in [0.4, 0.5) is 0 Å². The summed E-state index contributed by atoms with van der Waals surface area (Å²) >= 11 is 0. The Labute approximate surface area is 192 Å². The first-order valence-electron chi connectivity index (χ1n) is 11.2. The summed E-state index contributed by atoms with van der Waals surface area (Å²) in [6, 6.07) is 12.1. The van der Waals surface area contributed by atoms with Gasteiger partial charge in [0.1, 0.15) is 0 Å². The molecule has 2 aromatic rings. The van der Waals surface area contributed by atoms with Crippen molar-refractivity contribution in [1.82, 2.24) is 4.72 Å². The minimum absolute atomic E-state index is 0.0488. The average Bonchev–Trinajstić information content (AvgIpc) is 2.71. The molecule has 182 valence electrons. The smallest absolute Gasteiger partial charge is 0.303 e. The molecule has 0 aromatic heterocycles. The quantitative estimate of drug-likeness (QED) is 0.262. The highest BCUT2D eigenvalue weighted by Crippen LogP contribution is 2.46. The molecule has 0 aliphatic heterocycles. The molecule has 1 atom stereocenters. The Morgan fingerprint density at radius 1 is 1.00 bits per heavy atom. The van der Waals surface area contributed by atoms with Crippen LogP contribution in [0.2, 0.25) is 0 Å². The molecule has 0 aliphatic carbocycles. The fraction of sp³-hybridized carbons (Fsp3) is 0.565. The molecular weight excluding hydrogens is 449 g/mol. The van der Waals surface area contributed by atoms with Crippen LogP contribution in [0.25, 0.3) is 10.8 Å². The van der Waals surface area contributed by atoms with Crippen LogP contribution in [-0.2, 0) is 19.1 Å². The molecule has 0 fully saturated rings. The molecule has 0 saturated heterocycles. The van der Waals surface area contributed by atoms with Crippen LogP contribution in [0, 0.1) is 0 Å². The Kier molecular flexibility index (Phi) is 11.5. The van der Waals surface area contributed by atoms with Crippen molar-refractivity contribution in [3.8, 4) is 0 Å². The predicted molar refractivity (Wildman–Crippen MR) is 131 cm³/mol. The predicted octanol–water partition coefficient (Wildman–Crippen LogP) is 5.68. The minimum Gasteiger partial charge on any atom is -0.303 e. The van der Waals surface area contributed by atoms with Gasteiger partial charge in [-0.3, -0.25) is 4.52 Å². The number of rotatable bonds is 12. The molecule has 7 nitrogen and oxygen atoms in total. The second-order valence-electron chi connectivity index (χ2n) is 8.08. The molecule has 0 saturated carbocycles. The van der Waals surface area contributed by atoms with Gasteiger partial charge >= 0.3 is 7.82 Å². The second kappa shape index (κ2) is 12.8. The highest BCUT2D eigenvalue weighted by molar-refractivity contribution is 7.89. The van der Waals surface area contributed by atoms with E-state index >= 15 is 0 Å². The van der Waals surface area contributed by atoms with E-state index in [1.165, 1.54) is 13.8 Å². The monoisotopic (exact) mass is 487 g/mol.